The molecule has 4 nitrogen and oxygen atoms in total. The molecule has 2 rings (SSSR count). The highest BCUT2D eigenvalue weighted by molar-refractivity contribution is 7.80. The summed E-state index contributed by atoms with van der Waals surface area (Å²) in [6, 6.07) is 14.0. The number of methoxy groups -OCH3 is 1. The van der Waals surface area contributed by atoms with E-state index in [1.54, 1.807) is 12.1 Å². The number of aryl methyl sites for hydroxylation is 1. The molecule has 0 fully saturated rings. The Balaban J connectivity index is 2.06. The van der Waals surface area contributed by atoms with Crippen molar-refractivity contribution in [2.45, 2.75) is 46.1 Å². The van der Waals surface area contributed by atoms with Crippen molar-refractivity contribution >= 4 is 29.0 Å². The molecule has 0 aliphatic heterocycles. The number of thiocarbonyl (C=S) groups is 1. The van der Waals surface area contributed by atoms with Gasteiger partial charge in [-0.3, -0.25) is 0 Å². The normalized spacial score (nSPS) is 12.2. The molecule has 144 valence electrons. The van der Waals surface area contributed by atoms with E-state index in [2.05, 4.69) is 62.6 Å². The molecular formula is C22H28N2O2S. The third kappa shape index (κ3) is 5.54. The van der Waals surface area contributed by atoms with E-state index in [0.29, 0.717) is 10.7 Å². The van der Waals surface area contributed by atoms with Crippen molar-refractivity contribution in [2.75, 3.05) is 12.4 Å². The minimum atomic E-state index is -0.371. The van der Waals surface area contributed by atoms with E-state index in [9.17, 15) is 4.79 Å². The predicted molar refractivity (Wildman–Crippen MR) is 115 cm³/mol. The molecule has 0 aromatic heterocycles. The Morgan fingerprint density at radius 3 is 2.30 bits per heavy atom. The van der Waals surface area contributed by atoms with Crippen molar-refractivity contribution in [3.63, 3.8) is 0 Å². The first-order valence-electron chi connectivity index (χ1n) is 8.98. The number of hydrogen-bond acceptors (Lipinski definition) is 3. The topological polar surface area (TPSA) is 50.4 Å². The summed E-state index contributed by atoms with van der Waals surface area (Å²) in [5, 5.41) is 6.98. The van der Waals surface area contributed by atoms with E-state index in [1.165, 1.54) is 12.7 Å². The van der Waals surface area contributed by atoms with Gasteiger partial charge in [-0.1, -0.05) is 51.1 Å². The van der Waals surface area contributed by atoms with Crippen LogP contribution in [0.25, 0.3) is 0 Å². The van der Waals surface area contributed by atoms with Gasteiger partial charge in [0.15, 0.2) is 5.11 Å². The molecule has 1 atom stereocenters. The summed E-state index contributed by atoms with van der Waals surface area (Å²) < 4.78 is 4.78. The first-order chi connectivity index (χ1) is 12.6. The summed E-state index contributed by atoms with van der Waals surface area (Å²) in [4.78, 5) is 11.7. The SMILES string of the molecule is COC(=O)c1ccc(C)c(NC(=S)N[C@@H](C)c2ccc(C(C)(C)C)cc2)c1. The van der Waals surface area contributed by atoms with Crippen LogP contribution >= 0.6 is 12.2 Å². The highest BCUT2D eigenvalue weighted by Crippen LogP contribution is 2.24. The van der Waals surface area contributed by atoms with Crippen molar-refractivity contribution in [3.8, 4) is 0 Å². The lowest BCUT2D eigenvalue weighted by molar-refractivity contribution is 0.0601. The maximum atomic E-state index is 11.7. The van der Waals surface area contributed by atoms with Crippen LogP contribution in [-0.2, 0) is 10.2 Å². The molecule has 2 N–H and O–H groups in total. The van der Waals surface area contributed by atoms with Gasteiger partial charge in [0.1, 0.15) is 0 Å². The number of hydrogen-bond donors (Lipinski definition) is 2. The summed E-state index contributed by atoms with van der Waals surface area (Å²) in [5.41, 5.74) is 4.86. The molecule has 0 saturated heterocycles. The van der Waals surface area contributed by atoms with E-state index in [4.69, 9.17) is 17.0 Å². The van der Waals surface area contributed by atoms with Crippen LogP contribution in [0.3, 0.4) is 0 Å². The molecule has 0 bridgehead atoms. The number of carbonyl (C=O) groups excluding carboxylic acids is 1. The van der Waals surface area contributed by atoms with E-state index in [0.717, 1.165) is 16.8 Å². The third-order valence-corrected chi connectivity index (χ3v) is 4.75. The zero-order valence-corrected chi connectivity index (χ0v) is 17.7. The fourth-order valence-corrected chi connectivity index (χ4v) is 3.00. The van der Waals surface area contributed by atoms with Crippen LogP contribution in [0.2, 0.25) is 0 Å². The number of carbonyl (C=O) groups is 1. The molecule has 0 radical (unpaired) electrons. The number of anilines is 1. The second-order valence-electron chi connectivity index (χ2n) is 7.71. The number of esters is 1. The zero-order chi connectivity index (χ0) is 20.2. The maximum absolute atomic E-state index is 11.7. The van der Waals surface area contributed by atoms with Crippen molar-refractivity contribution in [3.05, 3.63) is 64.7 Å². The minimum absolute atomic E-state index is 0.0584. The van der Waals surface area contributed by atoms with Gasteiger partial charge in [0.2, 0.25) is 0 Å². The second kappa shape index (κ2) is 8.53. The van der Waals surface area contributed by atoms with E-state index in [-0.39, 0.29) is 17.4 Å². The van der Waals surface area contributed by atoms with Gasteiger partial charge in [-0.25, -0.2) is 4.79 Å². The van der Waals surface area contributed by atoms with Crippen molar-refractivity contribution < 1.29 is 9.53 Å². The average Bonchev–Trinajstić information content (AvgIpc) is 2.62. The first-order valence-corrected chi connectivity index (χ1v) is 9.39. The Hall–Kier alpha value is -2.40. The lowest BCUT2D eigenvalue weighted by Crippen LogP contribution is -2.31. The molecular weight excluding hydrogens is 356 g/mol. The van der Waals surface area contributed by atoms with Gasteiger partial charge in [-0.05, 0) is 60.3 Å². The molecule has 0 aliphatic carbocycles. The van der Waals surface area contributed by atoms with Crippen molar-refractivity contribution in [1.82, 2.24) is 5.32 Å². The van der Waals surface area contributed by atoms with Crippen LogP contribution in [0.15, 0.2) is 42.5 Å². The van der Waals surface area contributed by atoms with E-state index < -0.39 is 0 Å². The molecule has 0 spiro atoms. The van der Waals surface area contributed by atoms with Gasteiger partial charge in [0.25, 0.3) is 0 Å². The van der Waals surface area contributed by atoms with Crippen LogP contribution in [0.5, 0.6) is 0 Å². The van der Waals surface area contributed by atoms with Gasteiger partial charge >= 0.3 is 5.97 Å². The molecule has 0 amide bonds. The van der Waals surface area contributed by atoms with E-state index in [1.807, 2.05) is 13.0 Å². The third-order valence-electron chi connectivity index (χ3n) is 4.53. The zero-order valence-electron chi connectivity index (χ0n) is 16.8. The largest absolute Gasteiger partial charge is 0.465 e. The summed E-state index contributed by atoms with van der Waals surface area (Å²) in [5.74, 6) is -0.371. The molecule has 27 heavy (non-hydrogen) atoms. The standard InChI is InChI=1S/C22H28N2O2S/c1-14-7-8-17(20(25)26-6)13-19(14)24-21(27)23-15(2)16-9-11-18(12-10-16)22(3,4)5/h7-13,15H,1-6H3,(H2,23,24,27)/t15-/m0/s1. The van der Waals surface area contributed by atoms with Crippen LogP contribution in [0.1, 0.15) is 60.8 Å². The highest BCUT2D eigenvalue weighted by atomic mass is 32.1. The number of ether oxygens (including phenoxy) is 1. The quantitative estimate of drug-likeness (QED) is 0.565. The second-order valence-corrected chi connectivity index (χ2v) is 8.12. The molecule has 2 aromatic carbocycles. The fourth-order valence-electron chi connectivity index (χ4n) is 2.71. The Labute approximate surface area is 167 Å². The average molecular weight is 385 g/mol. The molecule has 0 heterocycles. The Morgan fingerprint density at radius 1 is 1.11 bits per heavy atom. The van der Waals surface area contributed by atoms with Gasteiger partial charge in [0, 0.05) is 5.69 Å². The molecule has 0 unspecified atom stereocenters. The summed E-state index contributed by atoms with van der Waals surface area (Å²) in [7, 11) is 1.37. The molecule has 2 aromatic rings. The summed E-state index contributed by atoms with van der Waals surface area (Å²) >= 11 is 5.46. The van der Waals surface area contributed by atoms with Crippen LogP contribution in [0.4, 0.5) is 5.69 Å². The number of nitrogens with one attached hydrogen (secondary N) is 2. The predicted octanol–water partition coefficient (Wildman–Crippen LogP) is 5.13. The van der Waals surface area contributed by atoms with Crippen LogP contribution in [-0.4, -0.2) is 18.2 Å². The number of rotatable bonds is 4. The molecule has 5 heteroatoms. The summed E-state index contributed by atoms with van der Waals surface area (Å²) in [6.45, 7) is 10.6. The monoisotopic (exact) mass is 384 g/mol. The Kier molecular flexibility index (Phi) is 6.60. The highest BCUT2D eigenvalue weighted by Gasteiger charge is 2.15. The fraction of sp³-hybridized carbons (Fsp3) is 0.364. The van der Waals surface area contributed by atoms with Crippen LogP contribution < -0.4 is 10.6 Å². The van der Waals surface area contributed by atoms with Crippen molar-refractivity contribution in [1.29, 1.82) is 0 Å². The lowest BCUT2D eigenvalue weighted by Gasteiger charge is -2.22. The Bertz CT molecular complexity index is 823. The van der Waals surface area contributed by atoms with E-state index >= 15 is 0 Å². The lowest BCUT2D eigenvalue weighted by atomic mass is 9.86. The van der Waals surface area contributed by atoms with Gasteiger partial charge < -0.3 is 15.4 Å². The van der Waals surface area contributed by atoms with Crippen LogP contribution in [0, 0.1) is 6.92 Å². The van der Waals surface area contributed by atoms with Crippen molar-refractivity contribution in [2.24, 2.45) is 0 Å². The Morgan fingerprint density at radius 2 is 1.74 bits per heavy atom. The molecule has 0 saturated carbocycles. The van der Waals surface area contributed by atoms with Gasteiger partial charge in [-0.2, -0.15) is 0 Å². The van der Waals surface area contributed by atoms with Gasteiger partial charge in [-0.15, -0.1) is 0 Å². The minimum Gasteiger partial charge on any atom is -0.465 e. The first kappa shape index (κ1) is 20.9. The number of benzene rings is 2. The summed E-state index contributed by atoms with van der Waals surface area (Å²) in [6.07, 6.45) is 0. The smallest absolute Gasteiger partial charge is 0.337 e. The maximum Gasteiger partial charge on any atom is 0.337 e. The molecule has 0 aliphatic rings. The van der Waals surface area contributed by atoms with Gasteiger partial charge in [0.05, 0.1) is 18.7 Å².